The number of hydrogen-bond donors (Lipinski definition) is 1. The van der Waals surface area contributed by atoms with Crippen molar-refractivity contribution < 1.29 is 19.1 Å². The zero-order chi connectivity index (χ0) is 16.1. The molecule has 0 spiro atoms. The second-order valence-electron chi connectivity index (χ2n) is 4.52. The smallest absolute Gasteiger partial charge is 0.266 e. The van der Waals surface area contributed by atoms with Gasteiger partial charge in [0.25, 0.3) is 5.91 Å². The Hall–Kier alpha value is -2.41. The summed E-state index contributed by atoms with van der Waals surface area (Å²) in [7, 11) is 1.58. The van der Waals surface area contributed by atoms with Crippen molar-refractivity contribution in [2.24, 2.45) is 0 Å². The van der Waals surface area contributed by atoms with Crippen molar-refractivity contribution in [1.82, 2.24) is 4.98 Å². The third kappa shape index (κ3) is 4.05. The van der Waals surface area contributed by atoms with Gasteiger partial charge in [0, 0.05) is 12.3 Å². The van der Waals surface area contributed by atoms with Crippen LogP contribution in [0, 0.1) is 0 Å². The number of thiazole rings is 1. The molecular formula is C15H16N2O4S. The first-order valence-electron chi connectivity index (χ1n) is 6.57. The van der Waals surface area contributed by atoms with Gasteiger partial charge in [0.1, 0.15) is 17.2 Å². The van der Waals surface area contributed by atoms with Crippen LogP contribution in [0.1, 0.15) is 24.3 Å². The van der Waals surface area contributed by atoms with Gasteiger partial charge in [-0.15, -0.1) is 11.3 Å². The Balaban J connectivity index is 1.94. The van der Waals surface area contributed by atoms with E-state index in [1.54, 1.807) is 43.7 Å². The number of Topliss-reactive ketones (excluding diaryl/α,β-unsaturated/α-hetero) is 1. The van der Waals surface area contributed by atoms with E-state index in [1.807, 2.05) is 0 Å². The number of methoxy groups -OCH3 is 1. The zero-order valence-electron chi connectivity index (χ0n) is 12.5. The van der Waals surface area contributed by atoms with Crippen LogP contribution in [0.3, 0.4) is 0 Å². The number of nitrogens with zero attached hydrogens (tertiary/aromatic N) is 1. The zero-order valence-corrected chi connectivity index (χ0v) is 13.3. The van der Waals surface area contributed by atoms with Crippen LogP contribution >= 0.6 is 11.3 Å². The first-order chi connectivity index (χ1) is 10.5. The molecule has 0 aliphatic heterocycles. The lowest BCUT2D eigenvalue weighted by molar-refractivity contribution is -0.122. The predicted molar refractivity (Wildman–Crippen MR) is 83.8 cm³/mol. The Bertz CT molecular complexity index is 666. The molecule has 1 heterocycles. The van der Waals surface area contributed by atoms with Crippen LogP contribution in [0.15, 0.2) is 29.6 Å². The van der Waals surface area contributed by atoms with Crippen molar-refractivity contribution in [2.45, 2.75) is 20.0 Å². The van der Waals surface area contributed by atoms with Gasteiger partial charge in [-0.3, -0.25) is 14.9 Å². The van der Waals surface area contributed by atoms with E-state index >= 15 is 0 Å². The summed E-state index contributed by atoms with van der Waals surface area (Å²) < 4.78 is 10.6. The van der Waals surface area contributed by atoms with Crippen LogP contribution in [0.5, 0.6) is 11.5 Å². The van der Waals surface area contributed by atoms with Crippen LogP contribution in [0.25, 0.3) is 0 Å². The van der Waals surface area contributed by atoms with E-state index in [0.29, 0.717) is 22.3 Å². The molecule has 22 heavy (non-hydrogen) atoms. The fraction of sp³-hybridized carbons (Fsp3) is 0.267. The molecule has 0 saturated carbocycles. The third-order valence-corrected chi connectivity index (χ3v) is 3.59. The summed E-state index contributed by atoms with van der Waals surface area (Å²) in [6, 6.07) is 6.94. The van der Waals surface area contributed by atoms with Crippen molar-refractivity contribution >= 4 is 28.2 Å². The molecule has 1 amide bonds. The maximum atomic E-state index is 12.0. The van der Waals surface area contributed by atoms with Crippen molar-refractivity contribution in [3.05, 3.63) is 35.3 Å². The average Bonchev–Trinajstić information content (AvgIpc) is 2.96. The van der Waals surface area contributed by atoms with E-state index in [4.69, 9.17) is 9.47 Å². The number of nitrogens with one attached hydrogen (secondary N) is 1. The van der Waals surface area contributed by atoms with Gasteiger partial charge in [-0.1, -0.05) is 0 Å². The van der Waals surface area contributed by atoms with Gasteiger partial charge in [-0.05, 0) is 31.2 Å². The number of rotatable bonds is 6. The Morgan fingerprint density at radius 1 is 1.23 bits per heavy atom. The van der Waals surface area contributed by atoms with Gasteiger partial charge in [0.2, 0.25) is 0 Å². The summed E-state index contributed by atoms with van der Waals surface area (Å²) in [4.78, 5) is 27.2. The maximum Gasteiger partial charge on any atom is 0.266 e. The minimum Gasteiger partial charge on any atom is -0.497 e. The molecule has 1 atom stereocenters. The highest BCUT2D eigenvalue weighted by molar-refractivity contribution is 7.14. The normalized spacial score (nSPS) is 11.6. The monoisotopic (exact) mass is 320 g/mol. The van der Waals surface area contributed by atoms with Gasteiger partial charge in [0.15, 0.2) is 17.0 Å². The highest BCUT2D eigenvalue weighted by Crippen LogP contribution is 2.19. The van der Waals surface area contributed by atoms with Crippen molar-refractivity contribution in [1.29, 1.82) is 0 Å². The molecule has 0 unspecified atom stereocenters. The van der Waals surface area contributed by atoms with Crippen LogP contribution in [-0.4, -0.2) is 29.9 Å². The van der Waals surface area contributed by atoms with E-state index < -0.39 is 6.10 Å². The van der Waals surface area contributed by atoms with Crippen molar-refractivity contribution in [3.8, 4) is 11.5 Å². The number of hydrogen-bond acceptors (Lipinski definition) is 6. The van der Waals surface area contributed by atoms with Crippen LogP contribution in [0.4, 0.5) is 5.13 Å². The molecule has 2 aromatic rings. The summed E-state index contributed by atoms with van der Waals surface area (Å²) in [5.74, 6) is 0.801. The van der Waals surface area contributed by atoms with E-state index in [0.717, 1.165) is 0 Å². The minimum absolute atomic E-state index is 0.140. The minimum atomic E-state index is -0.696. The van der Waals surface area contributed by atoms with Crippen LogP contribution < -0.4 is 14.8 Å². The van der Waals surface area contributed by atoms with E-state index in [9.17, 15) is 9.59 Å². The van der Waals surface area contributed by atoms with Gasteiger partial charge in [-0.2, -0.15) is 0 Å². The molecule has 0 bridgehead atoms. The summed E-state index contributed by atoms with van der Waals surface area (Å²) in [6.45, 7) is 3.06. The van der Waals surface area contributed by atoms with E-state index in [2.05, 4.69) is 10.3 Å². The highest BCUT2D eigenvalue weighted by atomic mass is 32.1. The largest absolute Gasteiger partial charge is 0.497 e. The standard InChI is InChI=1S/C15H16N2O4S/c1-9(18)13-8-22-15(16-13)17-14(19)10(2)21-12-6-4-11(20-3)5-7-12/h4-8,10H,1-3H3,(H,16,17,19)/t10-/m1/s1. The van der Waals surface area contributed by atoms with Gasteiger partial charge in [0.05, 0.1) is 7.11 Å². The third-order valence-electron chi connectivity index (χ3n) is 2.84. The molecule has 7 heteroatoms. The second-order valence-corrected chi connectivity index (χ2v) is 5.38. The topological polar surface area (TPSA) is 77.5 Å². The lowest BCUT2D eigenvalue weighted by Crippen LogP contribution is -2.30. The summed E-state index contributed by atoms with van der Waals surface area (Å²) in [6.07, 6.45) is -0.696. The molecule has 0 aliphatic rings. The van der Waals surface area contributed by atoms with Gasteiger partial charge >= 0.3 is 0 Å². The maximum absolute atomic E-state index is 12.0. The second kappa shape index (κ2) is 7.04. The molecule has 1 aromatic carbocycles. The molecular weight excluding hydrogens is 304 g/mol. The Morgan fingerprint density at radius 2 is 1.86 bits per heavy atom. The molecule has 2 rings (SSSR count). The number of anilines is 1. The first-order valence-corrected chi connectivity index (χ1v) is 7.45. The quantitative estimate of drug-likeness (QED) is 0.828. The fourth-order valence-corrected chi connectivity index (χ4v) is 2.36. The number of aromatic nitrogens is 1. The lowest BCUT2D eigenvalue weighted by Gasteiger charge is -2.13. The number of carbonyl (C=O) groups is 2. The molecule has 0 radical (unpaired) electrons. The molecule has 1 aromatic heterocycles. The highest BCUT2D eigenvalue weighted by Gasteiger charge is 2.17. The Kier molecular flexibility index (Phi) is 5.11. The molecule has 0 saturated heterocycles. The molecule has 0 fully saturated rings. The summed E-state index contributed by atoms with van der Waals surface area (Å²) in [5.41, 5.74) is 0.337. The van der Waals surface area contributed by atoms with Crippen LogP contribution in [0.2, 0.25) is 0 Å². The average molecular weight is 320 g/mol. The number of benzene rings is 1. The number of amides is 1. The van der Waals surface area contributed by atoms with Gasteiger partial charge in [-0.25, -0.2) is 4.98 Å². The Labute approximate surface area is 132 Å². The molecule has 116 valence electrons. The number of ether oxygens (including phenoxy) is 2. The molecule has 0 aliphatic carbocycles. The molecule has 1 N–H and O–H groups in total. The van der Waals surface area contributed by atoms with E-state index in [-0.39, 0.29) is 11.7 Å². The fourth-order valence-electron chi connectivity index (χ4n) is 1.61. The van der Waals surface area contributed by atoms with Crippen molar-refractivity contribution in [3.63, 3.8) is 0 Å². The number of carbonyl (C=O) groups excluding carboxylic acids is 2. The summed E-state index contributed by atoms with van der Waals surface area (Å²) in [5, 5.41) is 4.61. The van der Waals surface area contributed by atoms with Crippen LogP contribution in [-0.2, 0) is 4.79 Å². The molecule has 6 nitrogen and oxygen atoms in total. The number of ketones is 1. The van der Waals surface area contributed by atoms with Crippen molar-refractivity contribution in [2.75, 3.05) is 12.4 Å². The SMILES string of the molecule is COc1ccc(O[C@H](C)C(=O)Nc2nc(C(C)=O)cs2)cc1. The van der Waals surface area contributed by atoms with E-state index in [1.165, 1.54) is 18.3 Å². The Morgan fingerprint density at radius 3 is 2.41 bits per heavy atom. The summed E-state index contributed by atoms with van der Waals surface area (Å²) >= 11 is 1.20. The lowest BCUT2D eigenvalue weighted by atomic mass is 10.3. The first kappa shape index (κ1) is 16.0. The predicted octanol–water partition coefficient (Wildman–Crippen LogP) is 2.76. The van der Waals surface area contributed by atoms with Gasteiger partial charge < -0.3 is 9.47 Å².